The zero-order chi connectivity index (χ0) is 15.6. The number of nitrogens with zero attached hydrogens (tertiary/aromatic N) is 1. The molecule has 0 unspecified atom stereocenters. The number of hydrogen-bond donors (Lipinski definition) is 1. The van der Waals surface area contributed by atoms with Crippen LogP contribution in [0.1, 0.15) is 15.9 Å². The normalized spacial score (nSPS) is 10.2. The molecule has 0 atom stereocenters. The topological polar surface area (TPSA) is 72.2 Å². The van der Waals surface area contributed by atoms with Gasteiger partial charge in [0, 0.05) is 12.1 Å². The molecule has 0 aromatic heterocycles. The molecule has 7 heteroatoms. The number of halogens is 2. The summed E-state index contributed by atoms with van der Waals surface area (Å²) in [6.45, 7) is 1.63. The van der Waals surface area contributed by atoms with Crippen LogP contribution in [0.3, 0.4) is 0 Å². The SMILES string of the molecule is Cc1ccc([N+](=O)[O-])cc1NC(=O)c1cc(F)ccc1F. The van der Waals surface area contributed by atoms with Gasteiger partial charge in [-0.3, -0.25) is 14.9 Å². The van der Waals surface area contributed by atoms with E-state index in [0.29, 0.717) is 5.56 Å². The maximum Gasteiger partial charge on any atom is 0.271 e. The Morgan fingerprint density at radius 1 is 1.19 bits per heavy atom. The third-order valence-electron chi connectivity index (χ3n) is 2.85. The van der Waals surface area contributed by atoms with Crippen LogP contribution in [0.15, 0.2) is 36.4 Å². The molecule has 0 saturated heterocycles. The maximum atomic E-state index is 13.5. The van der Waals surface area contributed by atoms with Gasteiger partial charge in [0.25, 0.3) is 11.6 Å². The van der Waals surface area contributed by atoms with Crippen molar-refractivity contribution in [3.8, 4) is 0 Å². The fraction of sp³-hybridized carbons (Fsp3) is 0.0714. The van der Waals surface area contributed by atoms with Gasteiger partial charge in [-0.25, -0.2) is 8.78 Å². The van der Waals surface area contributed by atoms with Crippen LogP contribution in [0.25, 0.3) is 0 Å². The van der Waals surface area contributed by atoms with E-state index in [4.69, 9.17) is 0 Å². The summed E-state index contributed by atoms with van der Waals surface area (Å²) in [6, 6.07) is 6.39. The molecular formula is C14H10F2N2O3. The van der Waals surface area contributed by atoms with Gasteiger partial charge in [0.1, 0.15) is 11.6 Å². The van der Waals surface area contributed by atoms with Crippen LogP contribution in [-0.2, 0) is 0 Å². The number of aryl methyl sites for hydroxylation is 1. The van der Waals surface area contributed by atoms with E-state index in [1.807, 2.05) is 0 Å². The lowest BCUT2D eigenvalue weighted by atomic mass is 10.1. The zero-order valence-electron chi connectivity index (χ0n) is 10.9. The number of hydrogen-bond acceptors (Lipinski definition) is 3. The number of benzene rings is 2. The summed E-state index contributed by atoms with van der Waals surface area (Å²) in [5, 5.41) is 13.0. The Morgan fingerprint density at radius 2 is 1.90 bits per heavy atom. The number of carbonyl (C=O) groups excluding carboxylic acids is 1. The highest BCUT2D eigenvalue weighted by Crippen LogP contribution is 2.23. The van der Waals surface area contributed by atoms with Gasteiger partial charge in [0.05, 0.1) is 16.2 Å². The molecule has 1 amide bonds. The average Bonchev–Trinajstić information content (AvgIpc) is 2.43. The van der Waals surface area contributed by atoms with Crippen molar-refractivity contribution in [2.75, 3.05) is 5.32 Å². The Kier molecular flexibility index (Phi) is 3.93. The highest BCUT2D eigenvalue weighted by atomic mass is 19.1. The number of nitro benzene ring substituents is 1. The molecule has 0 heterocycles. The smallest absolute Gasteiger partial charge is 0.271 e. The second-order valence-electron chi connectivity index (χ2n) is 4.33. The van der Waals surface area contributed by atoms with E-state index >= 15 is 0 Å². The highest BCUT2D eigenvalue weighted by Gasteiger charge is 2.16. The summed E-state index contributed by atoms with van der Waals surface area (Å²) in [6.07, 6.45) is 0. The second kappa shape index (κ2) is 5.66. The van der Waals surface area contributed by atoms with E-state index in [2.05, 4.69) is 5.32 Å². The molecule has 1 N–H and O–H groups in total. The van der Waals surface area contributed by atoms with E-state index in [9.17, 15) is 23.7 Å². The zero-order valence-corrected chi connectivity index (χ0v) is 10.9. The first-order valence-corrected chi connectivity index (χ1v) is 5.90. The van der Waals surface area contributed by atoms with Crippen molar-refractivity contribution in [3.63, 3.8) is 0 Å². The van der Waals surface area contributed by atoms with Gasteiger partial charge >= 0.3 is 0 Å². The molecule has 0 aliphatic rings. The lowest BCUT2D eigenvalue weighted by Crippen LogP contribution is -2.15. The summed E-state index contributed by atoms with van der Waals surface area (Å²) < 4.78 is 26.6. The maximum absolute atomic E-state index is 13.5. The number of rotatable bonds is 3. The van der Waals surface area contributed by atoms with Crippen molar-refractivity contribution < 1.29 is 18.5 Å². The third kappa shape index (κ3) is 3.19. The summed E-state index contributed by atoms with van der Waals surface area (Å²) in [4.78, 5) is 22.0. The molecule has 21 heavy (non-hydrogen) atoms. The minimum Gasteiger partial charge on any atom is -0.321 e. The first-order valence-electron chi connectivity index (χ1n) is 5.90. The summed E-state index contributed by atoms with van der Waals surface area (Å²) >= 11 is 0. The number of nitrogens with one attached hydrogen (secondary N) is 1. The summed E-state index contributed by atoms with van der Waals surface area (Å²) in [7, 11) is 0. The van der Waals surface area contributed by atoms with Gasteiger partial charge in [-0.2, -0.15) is 0 Å². The van der Waals surface area contributed by atoms with Gasteiger partial charge in [-0.15, -0.1) is 0 Å². The van der Waals surface area contributed by atoms with Gasteiger partial charge in [0.15, 0.2) is 0 Å². The van der Waals surface area contributed by atoms with Crippen LogP contribution < -0.4 is 5.32 Å². The van der Waals surface area contributed by atoms with Gasteiger partial charge in [-0.05, 0) is 30.7 Å². The lowest BCUT2D eigenvalue weighted by Gasteiger charge is -2.09. The molecule has 0 fully saturated rings. The Morgan fingerprint density at radius 3 is 2.57 bits per heavy atom. The molecule has 2 aromatic rings. The lowest BCUT2D eigenvalue weighted by molar-refractivity contribution is -0.384. The monoisotopic (exact) mass is 292 g/mol. The largest absolute Gasteiger partial charge is 0.321 e. The summed E-state index contributed by atoms with van der Waals surface area (Å²) in [5.74, 6) is -2.51. The van der Waals surface area contributed by atoms with E-state index in [1.54, 1.807) is 6.92 Å². The predicted molar refractivity (Wildman–Crippen MR) is 72.1 cm³/mol. The van der Waals surface area contributed by atoms with Crippen molar-refractivity contribution in [1.82, 2.24) is 0 Å². The molecule has 0 bridgehead atoms. The van der Waals surface area contributed by atoms with Crippen LogP contribution in [0.5, 0.6) is 0 Å². The predicted octanol–water partition coefficient (Wildman–Crippen LogP) is 3.43. The van der Waals surface area contributed by atoms with Gasteiger partial charge < -0.3 is 5.32 Å². The standard InChI is InChI=1S/C14H10F2N2O3/c1-8-2-4-10(18(20)21)7-13(8)17-14(19)11-6-9(15)3-5-12(11)16/h2-7H,1H3,(H,17,19). The minimum atomic E-state index is -0.879. The molecule has 0 radical (unpaired) electrons. The number of anilines is 1. The first-order chi connectivity index (χ1) is 9.88. The van der Waals surface area contributed by atoms with Crippen molar-refractivity contribution in [2.45, 2.75) is 6.92 Å². The van der Waals surface area contributed by atoms with Crippen LogP contribution >= 0.6 is 0 Å². The fourth-order valence-electron chi connectivity index (χ4n) is 1.72. The van der Waals surface area contributed by atoms with Crippen LogP contribution in [0.2, 0.25) is 0 Å². The van der Waals surface area contributed by atoms with E-state index in [0.717, 1.165) is 24.3 Å². The van der Waals surface area contributed by atoms with E-state index < -0.39 is 28.0 Å². The molecule has 2 aromatic carbocycles. The number of nitro groups is 1. The van der Waals surface area contributed by atoms with Crippen LogP contribution in [0, 0.1) is 28.7 Å². The summed E-state index contributed by atoms with van der Waals surface area (Å²) in [5.41, 5.74) is 0.0418. The highest BCUT2D eigenvalue weighted by molar-refractivity contribution is 6.05. The average molecular weight is 292 g/mol. The molecule has 0 aliphatic carbocycles. The molecule has 0 spiro atoms. The van der Waals surface area contributed by atoms with Crippen LogP contribution in [-0.4, -0.2) is 10.8 Å². The molecule has 108 valence electrons. The van der Waals surface area contributed by atoms with E-state index in [-0.39, 0.29) is 11.4 Å². The van der Waals surface area contributed by atoms with Crippen molar-refractivity contribution in [2.24, 2.45) is 0 Å². The fourth-order valence-corrected chi connectivity index (χ4v) is 1.72. The number of non-ortho nitro benzene ring substituents is 1. The van der Waals surface area contributed by atoms with Crippen molar-refractivity contribution in [1.29, 1.82) is 0 Å². The second-order valence-corrected chi connectivity index (χ2v) is 4.33. The molecule has 5 nitrogen and oxygen atoms in total. The number of carbonyl (C=O) groups is 1. The first kappa shape index (κ1) is 14.6. The Balaban J connectivity index is 2.33. The van der Waals surface area contributed by atoms with Crippen molar-refractivity contribution >= 4 is 17.3 Å². The quantitative estimate of drug-likeness (QED) is 0.695. The Labute approximate surface area is 118 Å². The Bertz CT molecular complexity index is 732. The van der Waals surface area contributed by atoms with E-state index in [1.165, 1.54) is 12.1 Å². The molecule has 2 rings (SSSR count). The molecular weight excluding hydrogens is 282 g/mol. The van der Waals surface area contributed by atoms with Crippen LogP contribution in [0.4, 0.5) is 20.2 Å². The third-order valence-corrected chi connectivity index (χ3v) is 2.85. The Hall–Kier alpha value is -2.83. The van der Waals surface area contributed by atoms with Gasteiger partial charge in [0.2, 0.25) is 0 Å². The molecule has 0 aliphatic heterocycles. The van der Waals surface area contributed by atoms with Crippen molar-refractivity contribution in [3.05, 3.63) is 69.3 Å². The minimum absolute atomic E-state index is 0.165. The molecule has 0 saturated carbocycles. The van der Waals surface area contributed by atoms with Gasteiger partial charge in [-0.1, -0.05) is 6.07 Å². The number of amides is 1.